The first kappa shape index (κ1) is 45.3. The van der Waals surface area contributed by atoms with Crippen molar-refractivity contribution in [2.24, 2.45) is 17.8 Å². The van der Waals surface area contributed by atoms with Crippen LogP contribution in [0.15, 0.2) is 18.2 Å². The molecule has 14 nitrogen and oxygen atoms in total. The topological polar surface area (TPSA) is 164 Å². The molecule has 0 aliphatic carbocycles. The average Bonchev–Trinajstić information content (AvgIpc) is 3.52. The number of amides is 4. The molecule has 1 saturated heterocycles. The van der Waals surface area contributed by atoms with E-state index in [2.05, 4.69) is 10.6 Å². The van der Waals surface area contributed by atoms with Crippen LogP contribution in [0.25, 0.3) is 0 Å². The lowest BCUT2D eigenvalue weighted by molar-refractivity contribution is -0.146. The number of nitrogens with zero attached hydrogens (tertiary/aromatic N) is 3. The van der Waals surface area contributed by atoms with Gasteiger partial charge in [-0.2, -0.15) is 0 Å². The third kappa shape index (κ3) is 12.1. The molecule has 53 heavy (non-hydrogen) atoms. The fraction of sp³-hybridized carbons (Fsp3) is 0.692. The highest BCUT2D eigenvalue weighted by molar-refractivity contribution is 6.00. The molecule has 1 fully saturated rings. The quantitative estimate of drug-likeness (QED) is 0.141. The van der Waals surface area contributed by atoms with Crippen LogP contribution >= 0.6 is 0 Å². The number of ether oxygens (including phenoxy) is 3. The van der Waals surface area contributed by atoms with Gasteiger partial charge in [-0.1, -0.05) is 64.8 Å². The van der Waals surface area contributed by atoms with Crippen molar-refractivity contribution < 1.29 is 43.0 Å². The van der Waals surface area contributed by atoms with Gasteiger partial charge in [0, 0.05) is 33.3 Å². The number of benzene rings is 1. The van der Waals surface area contributed by atoms with Crippen LogP contribution in [0.3, 0.4) is 0 Å². The Morgan fingerprint density at radius 1 is 0.962 bits per heavy atom. The van der Waals surface area contributed by atoms with Gasteiger partial charge in [0.05, 0.1) is 62.3 Å². The monoisotopic (exact) mass is 745 g/mol. The fourth-order valence-corrected chi connectivity index (χ4v) is 7.56. The summed E-state index contributed by atoms with van der Waals surface area (Å²) in [5, 5.41) is 5.50. The van der Waals surface area contributed by atoms with E-state index in [1.165, 1.54) is 14.2 Å². The number of Topliss-reactive ketones (excluding diaryl/α,β-unsaturated/α-hetero) is 1. The summed E-state index contributed by atoms with van der Waals surface area (Å²) in [6.45, 7) is 13.3. The third-order valence-electron chi connectivity index (χ3n) is 10.5. The molecule has 8 atom stereocenters. The lowest BCUT2D eigenvalue weighted by Gasteiger charge is -2.39. The number of hydrogen-bond acceptors (Lipinski definition) is 10. The molecule has 0 spiro atoms. The Bertz CT molecular complexity index is 1410. The second-order valence-electron chi connectivity index (χ2n) is 14.9. The van der Waals surface area contributed by atoms with Gasteiger partial charge in [-0.25, -0.2) is 0 Å². The molecule has 0 bridgehead atoms. The van der Waals surface area contributed by atoms with E-state index in [0.717, 1.165) is 11.1 Å². The summed E-state index contributed by atoms with van der Waals surface area (Å²) >= 11 is 0. The van der Waals surface area contributed by atoms with E-state index in [-0.39, 0.29) is 67.8 Å². The maximum absolute atomic E-state index is 14.2. The second kappa shape index (κ2) is 21.1. The van der Waals surface area contributed by atoms with E-state index in [0.29, 0.717) is 18.5 Å². The first-order valence-corrected chi connectivity index (χ1v) is 18.5. The standard InChI is InChI=1S/C39H63N5O9/c1-13-25(5)36(43(10)34(48)20-41-39(50)35(23(2)3)42(8)9)32(51-11)18-33(47)44-21-28(53-22-45)17-30(44)37(52-12)27(7)38(49)40-19-31(46)29-15-14-24(4)16-26(29)6/h14-16,22-23,25,27-28,30,32,35-37H,13,17-21H2,1-12H3,(H,40,49)(H,41,50)/t25-,27+,28-,30-,32+,35-,36?,37+/m0/s1. The summed E-state index contributed by atoms with van der Waals surface area (Å²) in [7, 11) is 8.21. The maximum Gasteiger partial charge on any atom is 0.293 e. The number of likely N-dealkylation sites (N-methyl/N-ethyl adjacent to an activating group) is 2. The summed E-state index contributed by atoms with van der Waals surface area (Å²) in [4.78, 5) is 83.2. The molecule has 0 aromatic heterocycles. The molecule has 14 heteroatoms. The van der Waals surface area contributed by atoms with Gasteiger partial charge < -0.3 is 34.6 Å². The van der Waals surface area contributed by atoms with Crippen LogP contribution in [0, 0.1) is 31.6 Å². The van der Waals surface area contributed by atoms with Crippen LogP contribution < -0.4 is 10.6 Å². The van der Waals surface area contributed by atoms with Crippen molar-refractivity contribution in [3.63, 3.8) is 0 Å². The Hall–Kier alpha value is -3.88. The molecule has 0 radical (unpaired) electrons. The summed E-state index contributed by atoms with van der Waals surface area (Å²) in [5.74, 6) is -2.38. The van der Waals surface area contributed by atoms with Crippen LogP contribution in [0.1, 0.15) is 75.4 Å². The van der Waals surface area contributed by atoms with Crippen molar-refractivity contribution in [3.8, 4) is 0 Å². The van der Waals surface area contributed by atoms with Crippen molar-refractivity contribution in [1.29, 1.82) is 0 Å². The molecule has 1 aromatic carbocycles. The van der Waals surface area contributed by atoms with Crippen LogP contribution in [-0.4, -0.2) is 142 Å². The molecule has 1 aliphatic heterocycles. The average molecular weight is 746 g/mol. The minimum Gasteiger partial charge on any atom is -0.463 e. The Kier molecular flexibility index (Phi) is 18.0. The second-order valence-corrected chi connectivity index (χ2v) is 14.9. The van der Waals surface area contributed by atoms with Crippen LogP contribution in [0.2, 0.25) is 0 Å². The molecule has 2 N–H and O–H groups in total. The van der Waals surface area contributed by atoms with Crippen molar-refractivity contribution in [2.45, 2.75) is 104 Å². The number of rotatable bonds is 21. The summed E-state index contributed by atoms with van der Waals surface area (Å²) in [6.07, 6.45) is -1.35. The summed E-state index contributed by atoms with van der Waals surface area (Å²) < 4.78 is 17.0. The highest BCUT2D eigenvalue weighted by Crippen LogP contribution is 2.30. The van der Waals surface area contributed by atoms with Gasteiger partial charge in [-0.3, -0.25) is 33.7 Å². The number of carbonyl (C=O) groups is 6. The zero-order chi connectivity index (χ0) is 40.2. The number of hydrogen-bond donors (Lipinski definition) is 2. The zero-order valence-electron chi connectivity index (χ0n) is 33.8. The number of nitrogens with one attached hydrogen (secondary N) is 2. The van der Waals surface area contributed by atoms with Gasteiger partial charge in [-0.05, 0) is 45.3 Å². The van der Waals surface area contributed by atoms with Crippen LogP contribution in [0.4, 0.5) is 0 Å². The van der Waals surface area contributed by atoms with Crippen molar-refractivity contribution in [1.82, 2.24) is 25.3 Å². The van der Waals surface area contributed by atoms with Gasteiger partial charge in [0.2, 0.25) is 23.6 Å². The van der Waals surface area contributed by atoms with E-state index >= 15 is 0 Å². The summed E-state index contributed by atoms with van der Waals surface area (Å²) in [5.41, 5.74) is 2.37. The Morgan fingerprint density at radius 3 is 2.13 bits per heavy atom. The Labute approximate surface area is 315 Å². The van der Waals surface area contributed by atoms with Gasteiger partial charge in [-0.15, -0.1) is 0 Å². The molecular weight excluding hydrogens is 682 g/mol. The van der Waals surface area contributed by atoms with E-state index < -0.39 is 48.3 Å². The number of ketones is 1. The number of carbonyl (C=O) groups excluding carboxylic acids is 6. The predicted octanol–water partition coefficient (Wildman–Crippen LogP) is 2.38. The minimum absolute atomic E-state index is 0.0354. The van der Waals surface area contributed by atoms with E-state index in [4.69, 9.17) is 14.2 Å². The van der Waals surface area contributed by atoms with E-state index in [1.54, 1.807) is 29.8 Å². The lowest BCUT2D eigenvalue weighted by atomic mass is 9.90. The first-order valence-electron chi connectivity index (χ1n) is 18.5. The van der Waals surface area contributed by atoms with Crippen molar-refractivity contribution in [2.75, 3.05) is 55.0 Å². The molecule has 1 heterocycles. The fourth-order valence-electron chi connectivity index (χ4n) is 7.56. The lowest BCUT2D eigenvalue weighted by Crippen LogP contribution is -2.55. The van der Waals surface area contributed by atoms with Gasteiger partial charge in [0.1, 0.15) is 6.10 Å². The van der Waals surface area contributed by atoms with E-state index in [1.807, 2.05) is 72.7 Å². The molecule has 298 valence electrons. The molecular formula is C39H63N5O9. The van der Waals surface area contributed by atoms with Crippen molar-refractivity contribution in [3.05, 3.63) is 34.9 Å². The molecule has 1 unspecified atom stereocenters. The molecule has 4 amide bonds. The smallest absolute Gasteiger partial charge is 0.293 e. The van der Waals surface area contributed by atoms with Crippen LogP contribution in [0.5, 0.6) is 0 Å². The maximum atomic E-state index is 14.2. The number of aryl methyl sites for hydroxylation is 2. The molecule has 0 saturated carbocycles. The first-order chi connectivity index (χ1) is 24.9. The number of methoxy groups -OCH3 is 2. The van der Waals surface area contributed by atoms with E-state index in [9.17, 15) is 28.8 Å². The minimum atomic E-state index is -0.800. The Balaban J connectivity index is 2.25. The SMILES string of the molecule is CC[C@H](C)C([C@@H](CC(=O)N1C[C@@H](OC=O)C[C@H]1[C@H](OC)[C@@H](C)C(=O)NCC(=O)c1ccc(C)cc1C)OC)N(C)C(=O)CNC(=O)[C@H](C(C)C)N(C)C. The van der Waals surface area contributed by atoms with Gasteiger partial charge >= 0.3 is 0 Å². The predicted molar refractivity (Wildman–Crippen MR) is 201 cm³/mol. The number of likely N-dealkylation sites (tertiary alicyclic amines) is 1. The normalized spacial score (nSPS) is 19.2. The van der Waals surface area contributed by atoms with Crippen LogP contribution in [-0.2, 0) is 38.2 Å². The molecule has 1 aromatic rings. The Morgan fingerprint density at radius 2 is 1.60 bits per heavy atom. The third-order valence-corrected chi connectivity index (χ3v) is 10.5. The summed E-state index contributed by atoms with van der Waals surface area (Å²) in [6, 6.07) is 3.93. The zero-order valence-corrected chi connectivity index (χ0v) is 33.8. The highest BCUT2D eigenvalue weighted by atomic mass is 16.5. The largest absolute Gasteiger partial charge is 0.463 e. The molecule has 2 rings (SSSR count). The van der Waals surface area contributed by atoms with Gasteiger partial charge in [0.25, 0.3) is 6.47 Å². The van der Waals surface area contributed by atoms with Gasteiger partial charge in [0.15, 0.2) is 5.78 Å². The van der Waals surface area contributed by atoms with Crippen molar-refractivity contribution >= 4 is 35.9 Å². The highest BCUT2D eigenvalue weighted by Gasteiger charge is 2.45. The molecule has 1 aliphatic rings.